The number of nitrogens with one attached hydrogen (secondary N) is 1. The first-order valence-electron chi connectivity index (χ1n) is 10.8. The van der Waals surface area contributed by atoms with Crippen molar-refractivity contribution < 1.29 is 18.7 Å². The maximum atomic E-state index is 13.0. The molecule has 5 heteroatoms. The van der Waals surface area contributed by atoms with E-state index in [2.05, 4.69) is 31.3 Å². The topological polar surface area (TPSA) is 47.6 Å². The number of carbonyl (C=O) groups is 1. The molecule has 0 unspecified atom stereocenters. The fraction of sp³-hybridized carbons (Fsp3) is 0.296. The molecule has 1 N–H and O–H groups in total. The first-order valence-corrected chi connectivity index (χ1v) is 10.8. The molecule has 1 amide bonds. The van der Waals surface area contributed by atoms with E-state index in [1.807, 2.05) is 37.3 Å². The second kappa shape index (κ2) is 10.8. The Balaban J connectivity index is 1.50. The average Bonchev–Trinajstić information content (AvgIpc) is 2.77. The lowest BCUT2D eigenvalue weighted by Gasteiger charge is -2.19. The Labute approximate surface area is 189 Å². The molecule has 0 aromatic heterocycles. The third-order valence-electron chi connectivity index (χ3n) is 5.17. The molecule has 1 atom stereocenters. The van der Waals surface area contributed by atoms with Crippen molar-refractivity contribution in [3.05, 3.63) is 94.8 Å². The Morgan fingerprint density at radius 2 is 1.59 bits per heavy atom. The van der Waals surface area contributed by atoms with E-state index in [0.29, 0.717) is 24.8 Å². The number of rotatable bonds is 9. The van der Waals surface area contributed by atoms with Gasteiger partial charge in [0.25, 0.3) is 5.91 Å². The number of halogens is 1. The largest absolute Gasteiger partial charge is 0.489 e. The van der Waals surface area contributed by atoms with Gasteiger partial charge in [0.2, 0.25) is 0 Å². The number of benzene rings is 3. The molecule has 0 heterocycles. The Hall–Kier alpha value is -3.34. The third kappa shape index (κ3) is 6.58. The maximum absolute atomic E-state index is 13.0. The summed E-state index contributed by atoms with van der Waals surface area (Å²) in [6.07, 6.45) is -0.604. The Morgan fingerprint density at radius 1 is 0.938 bits per heavy atom. The number of aryl methyl sites for hydroxylation is 1. The molecule has 168 valence electrons. The van der Waals surface area contributed by atoms with Crippen molar-refractivity contribution in [2.24, 2.45) is 0 Å². The first kappa shape index (κ1) is 23.3. The van der Waals surface area contributed by atoms with Crippen molar-refractivity contribution in [1.29, 1.82) is 0 Å². The van der Waals surface area contributed by atoms with Crippen LogP contribution in [0.3, 0.4) is 0 Å². The standard InChI is InChI=1S/C27H30FNO3/c1-18(2)25-14-5-19(3)15-26(25)32-20(4)27(30)29-16-21-8-12-24(13-9-21)31-17-22-6-10-23(28)11-7-22/h5-15,18,20H,16-17H2,1-4H3,(H,29,30)/t20-/m0/s1. The first-order chi connectivity index (χ1) is 15.3. The highest BCUT2D eigenvalue weighted by atomic mass is 19.1. The van der Waals surface area contributed by atoms with Crippen molar-refractivity contribution in [1.82, 2.24) is 5.32 Å². The quantitative estimate of drug-likeness (QED) is 0.454. The highest BCUT2D eigenvalue weighted by Crippen LogP contribution is 2.28. The van der Waals surface area contributed by atoms with Crippen LogP contribution in [-0.2, 0) is 17.9 Å². The fourth-order valence-corrected chi connectivity index (χ4v) is 3.25. The van der Waals surface area contributed by atoms with Gasteiger partial charge in [-0.25, -0.2) is 4.39 Å². The highest BCUT2D eigenvalue weighted by Gasteiger charge is 2.17. The predicted octanol–water partition coefficient (Wildman–Crippen LogP) is 5.92. The van der Waals surface area contributed by atoms with E-state index in [1.54, 1.807) is 19.1 Å². The molecule has 0 fully saturated rings. The molecule has 3 rings (SSSR count). The molecular weight excluding hydrogens is 405 g/mol. The van der Waals surface area contributed by atoms with Gasteiger partial charge in [0.1, 0.15) is 23.9 Å². The molecule has 0 aliphatic heterocycles. The van der Waals surface area contributed by atoms with E-state index >= 15 is 0 Å². The summed E-state index contributed by atoms with van der Waals surface area (Å²) in [6, 6.07) is 19.8. The van der Waals surface area contributed by atoms with Gasteiger partial charge in [0.05, 0.1) is 0 Å². The second-order valence-corrected chi connectivity index (χ2v) is 8.23. The molecule has 0 saturated heterocycles. The van der Waals surface area contributed by atoms with Crippen LogP contribution < -0.4 is 14.8 Å². The molecule has 0 radical (unpaired) electrons. The number of carbonyl (C=O) groups excluding carboxylic acids is 1. The molecule has 32 heavy (non-hydrogen) atoms. The van der Waals surface area contributed by atoms with E-state index in [9.17, 15) is 9.18 Å². The minimum atomic E-state index is -0.604. The lowest BCUT2D eigenvalue weighted by molar-refractivity contribution is -0.127. The predicted molar refractivity (Wildman–Crippen MR) is 124 cm³/mol. The molecule has 4 nitrogen and oxygen atoms in total. The lowest BCUT2D eigenvalue weighted by Crippen LogP contribution is -2.36. The van der Waals surface area contributed by atoms with Crippen LogP contribution in [-0.4, -0.2) is 12.0 Å². The van der Waals surface area contributed by atoms with Gasteiger partial charge in [-0.2, -0.15) is 0 Å². The summed E-state index contributed by atoms with van der Waals surface area (Å²) < 4.78 is 24.7. The summed E-state index contributed by atoms with van der Waals surface area (Å²) >= 11 is 0. The van der Waals surface area contributed by atoms with Crippen LogP contribution >= 0.6 is 0 Å². The summed E-state index contributed by atoms with van der Waals surface area (Å²) in [5, 5.41) is 2.92. The molecular formula is C27H30FNO3. The molecule has 0 bridgehead atoms. The molecule has 0 saturated carbocycles. The SMILES string of the molecule is Cc1ccc(C(C)C)c(O[C@@H](C)C(=O)NCc2ccc(OCc3ccc(F)cc3)cc2)c1. The van der Waals surface area contributed by atoms with Crippen molar-refractivity contribution in [3.63, 3.8) is 0 Å². The van der Waals surface area contributed by atoms with Crippen LogP contribution in [0.2, 0.25) is 0 Å². The summed E-state index contributed by atoms with van der Waals surface area (Å²) in [7, 11) is 0. The average molecular weight is 436 g/mol. The van der Waals surface area contributed by atoms with Crippen LogP contribution in [0.5, 0.6) is 11.5 Å². The minimum absolute atomic E-state index is 0.169. The van der Waals surface area contributed by atoms with Crippen molar-refractivity contribution >= 4 is 5.91 Å². The molecule has 0 aliphatic rings. The van der Waals surface area contributed by atoms with Crippen LogP contribution in [0.15, 0.2) is 66.7 Å². The Kier molecular flexibility index (Phi) is 7.87. The van der Waals surface area contributed by atoms with E-state index in [4.69, 9.17) is 9.47 Å². The summed E-state index contributed by atoms with van der Waals surface area (Å²) in [5.41, 5.74) is 4.04. The van der Waals surface area contributed by atoms with Gasteiger partial charge in [-0.05, 0) is 72.4 Å². The number of hydrogen-bond donors (Lipinski definition) is 1. The fourth-order valence-electron chi connectivity index (χ4n) is 3.25. The van der Waals surface area contributed by atoms with E-state index in [0.717, 1.165) is 28.0 Å². The monoisotopic (exact) mass is 435 g/mol. The van der Waals surface area contributed by atoms with Gasteiger partial charge in [-0.3, -0.25) is 4.79 Å². The minimum Gasteiger partial charge on any atom is -0.489 e. The van der Waals surface area contributed by atoms with Crippen LogP contribution in [0.1, 0.15) is 48.9 Å². The van der Waals surface area contributed by atoms with E-state index in [-0.39, 0.29) is 11.7 Å². The van der Waals surface area contributed by atoms with Gasteiger partial charge in [0, 0.05) is 6.54 Å². The third-order valence-corrected chi connectivity index (χ3v) is 5.17. The van der Waals surface area contributed by atoms with E-state index in [1.165, 1.54) is 12.1 Å². The molecule has 3 aromatic rings. The summed E-state index contributed by atoms with van der Waals surface area (Å²) in [4.78, 5) is 12.5. The zero-order valence-corrected chi connectivity index (χ0v) is 19.0. The number of ether oxygens (including phenoxy) is 2. The van der Waals surface area contributed by atoms with Crippen LogP contribution in [0, 0.1) is 12.7 Å². The van der Waals surface area contributed by atoms with Gasteiger partial charge < -0.3 is 14.8 Å². The Bertz CT molecular complexity index is 1030. The Morgan fingerprint density at radius 3 is 2.25 bits per heavy atom. The van der Waals surface area contributed by atoms with Gasteiger partial charge in [0.15, 0.2) is 6.10 Å². The maximum Gasteiger partial charge on any atom is 0.261 e. The lowest BCUT2D eigenvalue weighted by atomic mass is 10.0. The zero-order valence-electron chi connectivity index (χ0n) is 19.0. The highest BCUT2D eigenvalue weighted by molar-refractivity contribution is 5.80. The van der Waals surface area contributed by atoms with E-state index < -0.39 is 6.10 Å². The van der Waals surface area contributed by atoms with Gasteiger partial charge in [-0.1, -0.05) is 50.2 Å². The number of hydrogen-bond acceptors (Lipinski definition) is 3. The van der Waals surface area contributed by atoms with Gasteiger partial charge in [-0.15, -0.1) is 0 Å². The zero-order chi connectivity index (χ0) is 23.1. The van der Waals surface area contributed by atoms with Gasteiger partial charge >= 0.3 is 0 Å². The molecule has 3 aromatic carbocycles. The summed E-state index contributed by atoms with van der Waals surface area (Å²) in [6.45, 7) is 8.74. The summed E-state index contributed by atoms with van der Waals surface area (Å²) in [5.74, 6) is 1.34. The van der Waals surface area contributed by atoms with Crippen molar-refractivity contribution in [3.8, 4) is 11.5 Å². The molecule has 0 aliphatic carbocycles. The molecule has 0 spiro atoms. The van der Waals surface area contributed by atoms with Crippen LogP contribution in [0.25, 0.3) is 0 Å². The smallest absolute Gasteiger partial charge is 0.261 e. The normalized spacial score (nSPS) is 11.8. The van der Waals surface area contributed by atoms with Crippen molar-refractivity contribution in [2.45, 2.75) is 52.9 Å². The van der Waals surface area contributed by atoms with Crippen LogP contribution in [0.4, 0.5) is 4.39 Å². The van der Waals surface area contributed by atoms with Crippen molar-refractivity contribution in [2.75, 3.05) is 0 Å². The second-order valence-electron chi connectivity index (χ2n) is 8.23. The number of amides is 1.